The Bertz CT molecular complexity index is 404. The summed E-state index contributed by atoms with van der Waals surface area (Å²) in [4.78, 5) is 1.99. The molecule has 0 saturated carbocycles. The molecule has 92 valence electrons. The first-order chi connectivity index (χ1) is 8.04. The van der Waals surface area contributed by atoms with E-state index in [-0.39, 0.29) is 5.75 Å². The maximum absolute atomic E-state index is 13.2. The summed E-state index contributed by atoms with van der Waals surface area (Å²) in [6.07, 6.45) is 0.760. The van der Waals surface area contributed by atoms with Gasteiger partial charge in [-0.3, -0.25) is 0 Å². The molecule has 1 aromatic rings. The van der Waals surface area contributed by atoms with Crippen molar-refractivity contribution in [2.24, 2.45) is 0 Å². The molecule has 5 heteroatoms. The summed E-state index contributed by atoms with van der Waals surface area (Å²) in [7, 11) is 3.86. The van der Waals surface area contributed by atoms with Crippen LogP contribution in [0.25, 0.3) is 0 Å². The molecule has 3 nitrogen and oxygen atoms in total. The normalized spacial score (nSPS) is 10.4. The molecule has 0 bridgehead atoms. The van der Waals surface area contributed by atoms with Crippen molar-refractivity contribution in [2.45, 2.75) is 6.42 Å². The Labute approximate surface area is 99.2 Å². The van der Waals surface area contributed by atoms with Crippen LogP contribution in [0.5, 0.6) is 5.75 Å². The predicted octanol–water partition coefficient (Wildman–Crippen LogP) is 2.17. The van der Waals surface area contributed by atoms with Gasteiger partial charge in [0.1, 0.15) is 29.0 Å². The standard InChI is InChI=1S/C12H14F2N2O/c1-16(2)4-3-5-17-9-6-11(13)10(8-15)12(14)7-9/h6-7H,3-5H2,1-2H3. The second kappa shape index (κ2) is 6.16. The number of nitrogens with zero attached hydrogens (tertiary/aromatic N) is 2. The maximum atomic E-state index is 13.2. The van der Waals surface area contributed by atoms with E-state index in [0.717, 1.165) is 25.1 Å². The summed E-state index contributed by atoms with van der Waals surface area (Å²) in [5, 5.41) is 8.49. The molecule has 1 rings (SSSR count). The average Bonchev–Trinajstić information content (AvgIpc) is 2.24. The van der Waals surface area contributed by atoms with Gasteiger partial charge < -0.3 is 9.64 Å². The Balaban J connectivity index is 2.59. The monoisotopic (exact) mass is 240 g/mol. The van der Waals surface area contributed by atoms with E-state index in [0.29, 0.717) is 6.61 Å². The molecule has 0 unspecified atom stereocenters. The molecule has 0 aliphatic rings. The topological polar surface area (TPSA) is 36.3 Å². The number of hydrogen-bond donors (Lipinski definition) is 0. The summed E-state index contributed by atoms with van der Waals surface area (Å²) >= 11 is 0. The van der Waals surface area contributed by atoms with Gasteiger partial charge in [0, 0.05) is 18.7 Å². The van der Waals surface area contributed by atoms with E-state index in [4.69, 9.17) is 10.00 Å². The lowest BCUT2D eigenvalue weighted by Gasteiger charge is -2.10. The molecule has 0 aliphatic heterocycles. The Kier molecular flexibility index (Phi) is 4.85. The fourth-order valence-electron chi connectivity index (χ4n) is 1.31. The first-order valence-corrected chi connectivity index (χ1v) is 5.21. The third-order valence-corrected chi connectivity index (χ3v) is 2.15. The van der Waals surface area contributed by atoms with Crippen LogP contribution in [0.15, 0.2) is 12.1 Å². The second-order valence-electron chi connectivity index (χ2n) is 3.88. The van der Waals surface area contributed by atoms with Crippen LogP contribution >= 0.6 is 0 Å². The fraction of sp³-hybridized carbons (Fsp3) is 0.417. The van der Waals surface area contributed by atoms with Crippen molar-refractivity contribution in [2.75, 3.05) is 27.2 Å². The van der Waals surface area contributed by atoms with Crippen LogP contribution in [0, 0.1) is 23.0 Å². The van der Waals surface area contributed by atoms with Gasteiger partial charge in [0.15, 0.2) is 0 Å². The Morgan fingerprint density at radius 1 is 1.29 bits per heavy atom. The smallest absolute Gasteiger partial charge is 0.147 e. The highest BCUT2D eigenvalue weighted by atomic mass is 19.1. The largest absolute Gasteiger partial charge is 0.493 e. The molecule has 0 aromatic heterocycles. The van der Waals surface area contributed by atoms with Gasteiger partial charge in [-0.05, 0) is 20.5 Å². The Morgan fingerprint density at radius 3 is 2.35 bits per heavy atom. The van der Waals surface area contributed by atoms with Crippen LogP contribution < -0.4 is 4.74 Å². The highest BCUT2D eigenvalue weighted by molar-refractivity contribution is 5.37. The van der Waals surface area contributed by atoms with Crippen molar-refractivity contribution in [1.82, 2.24) is 4.90 Å². The van der Waals surface area contributed by atoms with E-state index in [9.17, 15) is 8.78 Å². The minimum Gasteiger partial charge on any atom is -0.493 e. The molecule has 0 atom stereocenters. The number of hydrogen-bond acceptors (Lipinski definition) is 3. The number of rotatable bonds is 5. The van der Waals surface area contributed by atoms with Gasteiger partial charge in [0.2, 0.25) is 0 Å². The highest BCUT2D eigenvalue weighted by Crippen LogP contribution is 2.20. The summed E-state index contributed by atoms with van der Waals surface area (Å²) in [6.45, 7) is 1.21. The van der Waals surface area contributed by atoms with Crippen molar-refractivity contribution in [3.8, 4) is 11.8 Å². The molecule has 0 radical (unpaired) electrons. The van der Waals surface area contributed by atoms with Crippen molar-refractivity contribution >= 4 is 0 Å². The SMILES string of the molecule is CN(C)CCCOc1cc(F)c(C#N)c(F)c1. The van der Waals surface area contributed by atoms with Crippen molar-refractivity contribution in [1.29, 1.82) is 5.26 Å². The van der Waals surface area contributed by atoms with E-state index < -0.39 is 17.2 Å². The van der Waals surface area contributed by atoms with E-state index in [1.54, 1.807) is 0 Å². The van der Waals surface area contributed by atoms with Gasteiger partial charge in [-0.2, -0.15) is 5.26 Å². The van der Waals surface area contributed by atoms with Gasteiger partial charge in [-0.15, -0.1) is 0 Å². The lowest BCUT2D eigenvalue weighted by molar-refractivity contribution is 0.279. The molecule has 0 amide bonds. The van der Waals surface area contributed by atoms with Crippen LogP contribution in [-0.4, -0.2) is 32.1 Å². The molecule has 17 heavy (non-hydrogen) atoms. The molecule has 0 fully saturated rings. The van der Waals surface area contributed by atoms with Gasteiger partial charge in [0.05, 0.1) is 6.61 Å². The minimum atomic E-state index is -0.893. The average molecular weight is 240 g/mol. The van der Waals surface area contributed by atoms with Crippen LogP contribution in [0.1, 0.15) is 12.0 Å². The molecule has 0 aliphatic carbocycles. The third-order valence-electron chi connectivity index (χ3n) is 2.15. The van der Waals surface area contributed by atoms with Crippen LogP contribution in [0.4, 0.5) is 8.78 Å². The lowest BCUT2D eigenvalue weighted by atomic mass is 10.2. The van der Waals surface area contributed by atoms with E-state index >= 15 is 0 Å². The van der Waals surface area contributed by atoms with Gasteiger partial charge in [-0.1, -0.05) is 0 Å². The summed E-state index contributed by atoms with van der Waals surface area (Å²) in [5.41, 5.74) is -0.578. The van der Waals surface area contributed by atoms with Crippen LogP contribution in [0.2, 0.25) is 0 Å². The van der Waals surface area contributed by atoms with Crippen LogP contribution in [-0.2, 0) is 0 Å². The molecular weight excluding hydrogens is 226 g/mol. The lowest BCUT2D eigenvalue weighted by Crippen LogP contribution is -2.15. The summed E-state index contributed by atoms with van der Waals surface area (Å²) in [6, 6.07) is 3.51. The summed E-state index contributed by atoms with van der Waals surface area (Å²) in [5.74, 6) is -1.68. The minimum absolute atomic E-state index is 0.109. The van der Waals surface area contributed by atoms with E-state index in [1.807, 2.05) is 19.0 Å². The number of ether oxygens (including phenoxy) is 1. The molecule has 0 spiro atoms. The highest BCUT2D eigenvalue weighted by Gasteiger charge is 2.11. The Morgan fingerprint density at radius 2 is 1.88 bits per heavy atom. The van der Waals surface area contributed by atoms with Gasteiger partial charge in [0.25, 0.3) is 0 Å². The zero-order valence-corrected chi connectivity index (χ0v) is 9.83. The zero-order valence-electron chi connectivity index (χ0n) is 9.83. The molecular formula is C12H14F2N2O. The van der Waals surface area contributed by atoms with Crippen LogP contribution in [0.3, 0.4) is 0 Å². The third kappa shape index (κ3) is 4.00. The second-order valence-corrected chi connectivity index (χ2v) is 3.88. The van der Waals surface area contributed by atoms with E-state index in [1.165, 1.54) is 6.07 Å². The predicted molar refractivity (Wildman–Crippen MR) is 59.7 cm³/mol. The first-order valence-electron chi connectivity index (χ1n) is 5.21. The van der Waals surface area contributed by atoms with Crippen molar-refractivity contribution < 1.29 is 13.5 Å². The quantitative estimate of drug-likeness (QED) is 0.740. The van der Waals surface area contributed by atoms with Crippen molar-refractivity contribution in [3.05, 3.63) is 29.3 Å². The fourth-order valence-corrected chi connectivity index (χ4v) is 1.31. The van der Waals surface area contributed by atoms with Gasteiger partial charge >= 0.3 is 0 Å². The maximum Gasteiger partial charge on any atom is 0.147 e. The molecule has 0 N–H and O–H groups in total. The first kappa shape index (κ1) is 13.4. The van der Waals surface area contributed by atoms with Gasteiger partial charge in [-0.25, -0.2) is 8.78 Å². The number of nitriles is 1. The number of halogens is 2. The van der Waals surface area contributed by atoms with E-state index in [2.05, 4.69) is 0 Å². The molecule has 0 saturated heterocycles. The molecule has 0 heterocycles. The number of benzene rings is 1. The molecule has 1 aromatic carbocycles. The Hall–Kier alpha value is -1.67. The van der Waals surface area contributed by atoms with Crippen molar-refractivity contribution in [3.63, 3.8) is 0 Å². The zero-order chi connectivity index (χ0) is 12.8. The summed E-state index contributed by atoms with van der Waals surface area (Å²) < 4.78 is 31.6.